The summed E-state index contributed by atoms with van der Waals surface area (Å²) in [5.41, 5.74) is 0.429. The molecule has 140 valence electrons. The van der Waals surface area contributed by atoms with Gasteiger partial charge in [-0.2, -0.15) is 0 Å². The number of aliphatic carboxylic acids is 1. The van der Waals surface area contributed by atoms with Crippen LogP contribution >= 0.6 is 11.3 Å². The van der Waals surface area contributed by atoms with Gasteiger partial charge in [0.15, 0.2) is 16.5 Å². The summed E-state index contributed by atoms with van der Waals surface area (Å²) >= 11 is 1.14. The minimum atomic E-state index is -1.05. The van der Waals surface area contributed by atoms with E-state index in [-0.39, 0.29) is 23.5 Å². The second kappa shape index (κ2) is 8.00. The first-order valence-corrected chi connectivity index (χ1v) is 9.03. The van der Waals surface area contributed by atoms with Gasteiger partial charge in [0.25, 0.3) is 0 Å². The Morgan fingerprint density at radius 2 is 2.15 bits per heavy atom. The molecule has 0 spiro atoms. The zero-order valence-corrected chi connectivity index (χ0v) is 15.2. The first-order valence-electron chi connectivity index (χ1n) is 8.15. The van der Waals surface area contributed by atoms with Gasteiger partial charge >= 0.3 is 11.6 Å². The van der Waals surface area contributed by atoms with Crippen LogP contribution < -0.4 is 15.7 Å². The molecule has 0 atom stereocenters. The Labute approximate surface area is 157 Å². The van der Waals surface area contributed by atoms with Gasteiger partial charge in [-0.25, -0.2) is 9.78 Å². The number of ether oxygens (including phenoxy) is 1. The number of hydrogen-bond donors (Lipinski definition) is 2. The highest BCUT2D eigenvalue weighted by molar-refractivity contribution is 7.14. The zero-order chi connectivity index (χ0) is 19.4. The molecule has 8 nitrogen and oxygen atoms in total. The third kappa shape index (κ3) is 4.32. The average molecular weight is 388 g/mol. The predicted molar refractivity (Wildman–Crippen MR) is 100 cm³/mol. The van der Waals surface area contributed by atoms with Gasteiger partial charge in [-0.05, 0) is 19.1 Å². The highest BCUT2D eigenvalue weighted by Gasteiger charge is 2.15. The largest absolute Gasteiger partial charge is 0.490 e. The fraction of sp³-hybridized carbons (Fsp3) is 0.222. The summed E-state index contributed by atoms with van der Waals surface area (Å²) < 4.78 is 10.9. The topological polar surface area (TPSA) is 119 Å². The molecule has 0 saturated heterocycles. The smallest absolute Gasteiger partial charge is 0.345 e. The van der Waals surface area contributed by atoms with Crippen molar-refractivity contribution >= 4 is 39.3 Å². The molecule has 3 rings (SSSR count). The molecule has 2 heterocycles. The molecule has 1 amide bonds. The minimum Gasteiger partial charge on any atom is -0.490 e. The number of carbonyl (C=O) groups is 2. The van der Waals surface area contributed by atoms with Gasteiger partial charge in [0, 0.05) is 17.2 Å². The van der Waals surface area contributed by atoms with Gasteiger partial charge in [0.05, 0.1) is 24.3 Å². The van der Waals surface area contributed by atoms with Gasteiger partial charge in [-0.15, -0.1) is 11.3 Å². The van der Waals surface area contributed by atoms with Gasteiger partial charge in [0.1, 0.15) is 0 Å². The molecule has 1 aromatic carbocycles. The van der Waals surface area contributed by atoms with Crippen molar-refractivity contribution in [1.29, 1.82) is 0 Å². The first kappa shape index (κ1) is 18.6. The zero-order valence-electron chi connectivity index (χ0n) is 14.4. The molecular weight excluding hydrogens is 372 g/mol. The molecule has 0 fully saturated rings. The number of amides is 1. The van der Waals surface area contributed by atoms with Gasteiger partial charge in [0.2, 0.25) is 5.91 Å². The Balaban J connectivity index is 1.87. The number of hydrogen-bond acceptors (Lipinski definition) is 7. The molecule has 3 aromatic rings. The number of rotatable bonds is 7. The molecule has 2 N–H and O–H groups in total. The molecule has 0 aliphatic heterocycles. The third-order valence-electron chi connectivity index (χ3n) is 3.62. The van der Waals surface area contributed by atoms with E-state index < -0.39 is 17.5 Å². The summed E-state index contributed by atoms with van der Waals surface area (Å²) in [5, 5.41) is 13.7. The van der Waals surface area contributed by atoms with Crippen molar-refractivity contribution in [2.45, 2.75) is 19.8 Å². The Morgan fingerprint density at radius 1 is 1.33 bits per heavy atom. The highest BCUT2D eigenvalue weighted by atomic mass is 32.1. The molecule has 0 saturated carbocycles. The van der Waals surface area contributed by atoms with Gasteiger partial charge < -0.3 is 19.6 Å². The number of benzene rings is 1. The first-order chi connectivity index (χ1) is 13.0. The number of para-hydroxylation sites is 1. The quantitative estimate of drug-likeness (QED) is 0.597. The lowest BCUT2D eigenvalue weighted by atomic mass is 10.1. The lowest BCUT2D eigenvalue weighted by Crippen LogP contribution is -2.13. The summed E-state index contributed by atoms with van der Waals surface area (Å²) in [7, 11) is 0. The summed E-state index contributed by atoms with van der Waals surface area (Å²) in [6, 6.07) is 6.98. The van der Waals surface area contributed by atoms with E-state index in [1.165, 1.54) is 0 Å². The molecule has 0 radical (unpaired) electrons. The van der Waals surface area contributed by atoms with Crippen LogP contribution in [0.5, 0.6) is 5.75 Å². The fourth-order valence-corrected chi connectivity index (χ4v) is 3.15. The second-order valence-electron chi connectivity index (χ2n) is 5.53. The molecule has 0 aliphatic carbocycles. The number of thiazole rings is 1. The number of nitrogens with one attached hydrogen (secondary N) is 1. The Bertz CT molecular complexity index is 1060. The fourth-order valence-electron chi connectivity index (χ4n) is 2.42. The number of fused-ring (bicyclic) bond motifs is 1. The van der Waals surface area contributed by atoms with E-state index >= 15 is 0 Å². The van der Waals surface area contributed by atoms with Crippen LogP contribution in [0.3, 0.4) is 0 Å². The van der Waals surface area contributed by atoms with Crippen LogP contribution in [-0.2, 0) is 9.59 Å². The van der Waals surface area contributed by atoms with Crippen LogP contribution in [-0.4, -0.2) is 28.6 Å². The maximum atomic E-state index is 12.4. The predicted octanol–water partition coefficient (Wildman–Crippen LogP) is 3.12. The SMILES string of the molecule is CCOc1cccc2cc(-c3csc(NC(=O)CCC(=O)O)n3)c(=O)oc12. The average Bonchev–Trinajstić information content (AvgIpc) is 3.08. The normalized spacial score (nSPS) is 10.7. The monoisotopic (exact) mass is 388 g/mol. The maximum Gasteiger partial charge on any atom is 0.345 e. The van der Waals surface area contributed by atoms with E-state index in [9.17, 15) is 14.4 Å². The van der Waals surface area contributed by atoms with E-state index in [4.69, 9.17) is 14.3 Å². The minimum absolute atomic E-state index is 0.150. The third-order valence-corrected chi connectivity index (χ3v) is 4.37. The number of carbonyl (C=O) groups excluding carboxylic acids is 1. The van der Waals surface area contributed by atoms with Crippen molar-refractivity contribution in [3.8, 4) is 17.0 Å². The number of anilines is 1. The van der Waals surface area contributed by atoms with Gasteiger partial charge in [-0.3, -0.25) is 9.59 Å². The molecular formula is C18H16N2O6S. The lowest BCUT2D eigenvalue weighted by Gasteiger charge is -2.06. The van der Waals surface area contributed by atoms with Gasteiger partial charge in [-0.1, -0.05) is 12.1 Å². The van der Waals surface area contributed by atoms with Crippen LogP contribution in [0.15, 0.2) is 38.9 Å². The molecule has 0 aliphatic rings. The van der Waals surface area contributed by atoms with Crippen LogP contribution in [0.1, 0.15) is 19.8 Å². The van der Waals surface area contributed by atoms with E-state index in [1.807, 2.05) is 6.92 Å². The maximum absolute atomic E-state index is 12.4. The van der Waals surface area contributed by atoms with Crippen LogP contribution in [0.25, 0.3) is 22.2 Å². The van der Waals surface area contributed by atoms with Crippen LogP contribution in [0, 0.1) is 0 Å². The second-order valence-corrected chi connectivity index (χ2v) is 6.39. The molecule has 9 heteroatoms. The standard InChI is InChI=1S/C18H16N2O6S/c1-2-25-13-5-3-4-10-8-11(17(24)26-16(10)13)12-9-27-18(19-12)20-14(21)6-7-15(22)23/h3-5,8-9H,2,6-7H2,1H3,(H,22,23)(H,19,20,21). The highest BCUT2D eigenvalue weighted by Crippen LogP contribution is 2.29. The van der Waals surface area contributed by atoms with Crippen LogP contribution in [0.4, 0.5) is 5.13 Å². The van der Waals surface area contributed by atoms with Crippen molar-refractivity contribution in [3.05, 3.63) is 40.1 Å². The molecule has 0 bridgehead atoms. The number of nitrogens with zero attached hydrogens (tertiary/aromatic N) is 1. The van der Waals surface area contributed by atoms with Crippen molar-refractivity contribution in [1.82, 2.24) is 4.98 Å². The molecule has 2 aromatic heterocycles. The number of carboxylic acids is 1. The Kier molecular flexibility index (Phi) is 5.51. The molecule has 27 heavy (non-hydrogen) atoms. The van der Waals surface area contributed by atoms with Crippen LogP contribution in [0.2, 0.25) is 0 Å². The number of aromatic nitrogens is 1. The van der Waals surface area contributed by atoms with Crippen molar-refractivity contribution in [3.63, 3.8) is 0 Å². The Hall–Kier alpha value is -3.20. The lowest BCUT2D eigenvalue weighted by molar-refractivity contribution is -0.138. The summed E-state index contributed by atoms with van der Waals surface area (Å²) in [5.74, 6) is -1.02. The van der Waals surface area contributed by atoms with E-state index in [0.717, 1.165) is 11.3 Å². The Morgan fingerprint density at radius 3 is 2.89 bits per heavy atom. The van der Waals surface area contributed by atoms with E-state index in [2.05, 4.69) is 10.3 Å². The van der Waals surface area contributed by atoms with E-state index in [0.29, 0.717) is 29.0 Å². The van der Waals surface area contributed by atoms with Crippen molar-refractivity contribution in [2.24, 2.45) is 0 Å². The summed E-state index contributed by atoms with van der Waals surface area (Å²) in [6.45, 7) is 2.29. The van der Waals surface area contributed by atoms with E-state index in [1.54, 1.807) is 29.6 Å². The van der Waals surface area contributed by atoms with Crippen molar-refractivity contribution in [2.75, 3.05) is 11.9 Å². The molecule has 0 unspecified atom stereocenters. The van der Waals surface area contributed by atoms with Crippen molar-refractivity contribution < 1.29 is 23.8 Å². The summed E-state index contributed by atoms with van der Waals surface area (Å²) in [6.07, 6.45) is -0.414. The summed E-state index contributed by atoms with van der Waals surface area (Å²) in [4.78, 5) is 38.8. The number of carboxylic acid groups (broad SMARTS) is 1.